The van der Waals surface area contributed by atoms with Gasteiger partial charge in [-0.25, -0.2) is 4.39 Å². The van der Waals surface area contributed by atoms with E-state index in [2.05, 4.69) is 15.9 Å². The van der Waals surface area contributed by atoms with Crippen molar-refractivity contribution in [1.29, 1.82) is 5.26 Å². The van der Waals surface area contributed by atoms with Gasteiger partial charge < -0.3 is 15.5 Å². The first kappa shape index (κ1) is 22.3. The molecule has 0 radical (unpaired) electrons. The summed E-state index contributed by atoms with van der Waals surface area (Å²) in [5.41, 5.74) is 6.93. The van der Waals surface area contributed by atoms with Crippen LogP contribution in [-0.2, 0) is 15.1 Å². The van der Waals surface area contributed by atoms with Crippen LogP contribution in [0.4, 0.5) is 4.39 Å². The molecule has 4 atom stereocenters. The summed E-state index contributed by atoms with van der Waals surface area (Å²) in [5, 5.41) is 9.29. The van der Waals surface area contributed by atoms with Gasteiger partial charge in [0, 0.05) is 25.7 Å². The Bertz CT molecular complexity index is 955. The van der Waals surface area contributed by atoms with Gasteiger partial charge in [0.2, 0.25) is 11.8 Å². The summed E-state index contributed by atoms with van der Waals surface area (Å²) >= 11 is 0. The molecule has 3 aliphatic heterocycles. The summed E-state index contributed by atoms with van der Waals surface area (Å²) in [5.74, 6) is -0.352. The zero-order chi connectivity index (χ0) is 23.2. The van der Waals surface area contributed by atoms with Crippen molar-refractivity contribution in [3.8, 4) is 6.07 Å². The number of fused-ring (bicyclic) bond motifs is 2. The van der Waals surface area contributed by atoms with E-state index in [0.29, 0.717) is 26.1 Å². The normalized spacial score (nSPS) is 30.0. The summed E-state index contributed by atoms with van der Waals surface area (Å²) in [6.45, 7) is 1.60. The minimum Gasteiger partial charge on any atom is -0.327 e. The van der Waals surface area contributed by atoms with Crippen LogP contribution >= 0.6 is 0 Å². The van der Waals surface area contributed by atoms with Crippen LogP contribution in [0.15, 0.2) is 24.3 Å². The van der Waals surface area contributed by atoms with Crippen molar-refractivity contribution in [1.82, 2.24) is 14.7 Å². The highest BCUT2D eigenvalue weighted by Crippen LogP contribution is 2.48. The van der Waals surface area contributed by atoms with E-state index >= 15 is 0 Å². The first-order valence-electron chi connectivity index (χ1n) is 12.2. The number of hydrogen-bond acceptors (Lipinski definition) is 5. The van der Waals surface area contributed by atoms with Gasteiger partial charge in [0.25, 0.3) is 0 Å². The van der Waals surface area contributed by atoms with Crippen molar-refractivity contribution in [3.63, 3.8) is 0 Å². The molecular formula is C25H32FN5O2. The monoisotopic (exact) mass is 453 g/mol. The number of carbonyl (C=O) groups excluding carboxylic acids is 2. The van der Waals surface area contributed by atoms with Crippen molar-refractivity contribution in [2.45, 2.75) is 81.1 Å². The summed E-state index contributed by atoms with van der Waals surface area (Å²) in [7, 11) is 0. The number of hydrogen-bond donors (Lipinski definition) is 1. The molecule has 2 N–H and O–H groups in total. The van der Waals surface area contributed by atoms with E-state index in [1.807, 2.05) is 12.1 Å². The van der Waals surface area contributed by atoms with E-state index in [4.69, 9.17) is 5.73 Å². The Morgan fingerprint density at radius 1 is 1.21 bits per heavy atom. The molecule has 2 bridgehead atoms. The van der Waals surface area contributed by atoms with Gasteiger partial charge in [-0.3, -0.25) is 14.5 Å². The molecule has 7 nitrogen and oxygen atoms in total. The fraction of sp³-hybridized carbons (Fsp3) is 0.640. The fourth-order valence-corrected chi connectivity index (χ4v) is 6.70. The smallest absolute Gasteiger partial charge is 0.241 e. The van der Waals surface area contributed by atoms with Crippen LogP contribution in [0.3, 0.4) is 0 Å². The number of piperazine rings is 1. The summed E-state index contributed by atoms with van der Waals surface area (Å²) in [4.78, 5) is 32.3. The Labute approximate surface area is 194 Å². The van der Waals surface area contributed by atoms with Crippen LogP contribution < -0.4 is 5.73 Å². The van der Waals surface area contributed by atoms with Crippen LogP contribution in [-0.4, -0.2) is 70.3 Å². The summed E-state index contributed by atoms with van der Waals surface area (Å²) in [6, 6.07) is 7.55. The van der Waals surface area contributed by atoms with Gasteiger partial charge in [-0.15, -0.1) is 0 Å². The lowest BCUT2D eigenvalue weighted by Crippen LogP contribution is -2.61. The molecular weight excluding hydrogens is 421 g/mol. The van der Waals surface area contributed by atoms with Crippen LogP contribution in [0.2, 0.25) is 0 Å². The zero-order valence-corrected chi connectivity index (χ0v) is 19.0. The number of nitriles is 1. The molecule has 0 spiro atoms. The maximum Gasteiger partial charge on any atom is 0.241 e. The molecule has 4 aliphatic rings. The third kappa shape index (κ3) is 3.71. The maximum atomic E-state index is 13.7. The molecule has 1 aromatic rings. The first-order valence-corrected chi connectivity index (χ1v) is 12.2. The van der Waals surface area contributed by atoms with Crippen molar-refractivity contribution >= 4 is 11.8 Å². The Balaban J connectivity index is 1.32. The minimum atomic E-state index is -0.736. The minimum absolute atomic E-state index is 0.0756. The molecule has 3 unspecified atom stereocenters. The molecule has 0 aromatic heterocycles. The first-order chi connectivity index (χ1) is 15.9. The summed E-state index contributed by atoms with van der Waals surface area (Å²) < 4.78 is 13.6. The lowest BCUT2D eigenvalue weighted by Gasteiger charge is -2.50. The molecule has 1 aliphatic carbocycles. The van der Waals surface area contributed by atoms with E-state index in [-0.39, 0.29) is 35.3 Å². The maximum absolute atomic E-state index is 13.7. The van der Waals surface area contributed by atoms with Gasteiger partial charge in [-0.2, -0.15) is 5.26 Å². The van der Waals surface area contributed by atoms with E-state index in [0.717, 1.165) is 50.5 Å². The quantitative estimate of drug-likeness (QED) is 0.737. The number of benzene rings is 1. The highest BCUT2D eigenvalue weighted by Gasteiger charge is 2.57. The number of rotatable bonds is 5. The van der Waals surface area contributed by atoms with Gasteiger partial charge >= 0.3 is 0 Å². The Morgan fingerprint density at radius 2 is 1.94 bits per heavy atom. The highest BCUT2D eigenvalue weighted by molar-refractivity contribution is 5.87. The zero-order valence-electron chi connectivity index (χ0n) is 19.0. The second-order valence-electron chi connectivity index (χ2n) is 10.1. The van der Waals surface area contributed by atoms with E-state index < -0.39 is 12.1 Å². The van der Waals surface area contributed by atoms with Gasteiger partial charge in [0.05, 0.1) is 23.7 Å². The molecule has 4 fully saturated rings. The standard InChI is InChI=1S/C25H32FN5O2/c26-18-8-6-17(7-9-18)25(10-2-1-3-11-25)31-20-13-22(24(31)33)29(15-20)16-21(28)23(32)30-12-4-5-19(30)14-27/h6-9,19-22H,1-5,10-13,15-16,28H2/t19?,20-,21?,22?/m0/s1. The van der Waals surface area contributed by atoms with Gasteiger partial charge in [0.1, 0.15) is 11.9 Å². The van der Waals surface area contributed by atoms with E-state index in [1.54, 1.807) is 4.90 Å². The van der Waals surface area contributed by atoms with Gasteiger partial charge in [-0.1, -0.05) is 31.4 Å². The van der Waals surface area contributed by atoms with Crippen LogP contribution in [0.1, 0.15) is 56.9 Å². The molecule has 8 heteroatoms. The number of halogens is 1. The molecule has 1 saturated carbocycles. The average molecular weight is 454 g/mol. The Kier molecular flexibility index (Phi) is 5.87. The second kappa shape index (κ2) is 8.69. The van der Waals surface area contributed by atoms with Crippen molar-refractivity contribution < 1.29 is 14.0 Å². The average Bonchev–Trinajstić information content (AvgIpc) is 3.54. The molecule has 3 heterocycles. The molecule has 5 rings (SSSR count). The predicted molar refractivity (Wildman–Crippen MR) is 120 cm³/mol. The SMILES string of the molecule is N#CC1CCCN1C(=O)C(N)CN1C[C@@H]2CC1C(=O)N2C1(c2ccc(F)cc2)CCCCC1. The summed E-state index contributed by atoms with van der Waals surface area (Å²) in [6.07, 6.45) is 7.32. The molecule has 3 saturated heterocycles. The van der Waals surface area contributed by atoms with Crippen molar-refractivity contribution in [2.24, 2.45) is 5.73 Å². The largest absolute Gasteiger partial charge is 0.327 e. The Hall–Kier alpha value is -2.50. The molecule has 176 valence electrons. The number of nitrogens with zero attached hydrogens (tertiary/aromatic N) is 4. The molecule has 1 aromatic carbocycles. The lowest BCUT2D eigenvalue weighted by molar-refractivity contribution is -0.147. The topological polar surface area (TPSA) is 93.7 Å². The Morgan fingerprint density at radius 3 is 2.61 bits per heavy atom. The lowest BCUT2D eigenvalue weighted by atomic mass is 9.74. The van der Waals surface area contributed by atoms with Crippen LogP contribution in [0.5, 0.6) is 0 Å². The number of likely N-dealkylation sites (tertiary alicyclic amines) is 3. The van der Waals surface area contributed by atoms with Crippen LogP contribution in [0.25, 0.3) is 0 Å². The van der Waals surface area contributed by atoms with Crippen LogP contribution in [0, 0.1) is 17.1 Å². The van der Waals surface area contributed by atoms with E-state index in [1.165, 1.54) is 12.1 Å². The third-order valence-corrected chi connectivity index (χ3v) is 8.23. The van der Waals surface area contributed by atoms with Crippen molar-refractivity contribution in [2.75, 3.05) is 19.6 Å². The number of carbonyl (C=O) groups is 2. The fourth-order valence-electron chi connectivity index (χ4n) is 6.70. The molecule has 2 amide bonds. The number of nitrogens with two attached hydrogens (primary N) is 1. The third-order valence-electron chi connectivity index (χ3n) is 8.23. The highest BCUT2D eigenvalue weighted by atomic mass is 19.1. The molecule has 33 heavy (non-hydrogen) atoms. The van der Waals surface area contributed by atoms with Gasteiger partial charge in [0.15, 0.2) is 0 Å². The van der Waals surface area contributed by atoms with E-state index in [9.17, 15) is 19.2 Å². The second-order valence-corrected chi connectivity index (χ2v) is 10.1. The predicted octanol–water partition coefficient (Wildman–Crippen LogP) is 2.11. The van der Waals surface area contributed by atoms with Crippen molar-refractivity contribution in [3.05, 3.63) is 35.6 Å². The van der Waals surface area contributed by atoms with Gasteiger partial charge in [-0.05, 0) is 49.8 Å². The number of amides is 2.